The molecule has 5 nitrogen and oxygen atoms in total. The molecule has 0 atom stereocenters. The van der Waals surface area contributed by atoms with Crippen molar-refractivity contribution in [3.05, 3.63) is 44.2 Å². The maximum absolute atomic E-state index is 12.3. The molecule has 1 aromatic heterocycles. The standard InChI is InChI=1S/C18H18BrNO4S/c1-10-6-7-13(12(19)8-10)24-9-15(21)20-17-16(18(22)23-2)11-4-3-5-14(11)25-17/h6-8H,3-5,9H2,1-2H3,(H,20,21). The van der Waals surface area contributed by atoms with Gasteiger partial charge in [-0.3, -0.25) is 4.79 Å². The highest BCUT2D eigenvalue weighted by Gasteiger charge is 2.28. The zero-order chi connectivity index (χ0) is 18.0. The van der Waals surface area contributed by atoms with Crippen LogP contribution in [0.2, 0.25) is 0 Å². The molecule has 0 spiro atoms. The number of halogens is 1. The van der Waals surface area contributed by atoms with Gasteiger partial charge in [0.25, 0.3) is 5.91 Å². The number of rotatable bonds is 5. The quantitative estimate of drug-likeness (QED) is 0.734. The van der Waals surface area contributed by atoms with Crippen LogP contribution in [0.5, 0.6) is 5.75 Å². The zero-order valence-electron chi connectivity index (χ0n) is 14.0. The van der Waals surface area contributed by atoms with Crippen LogP contribution in [0.4, 0.5) is 5.00 Å². The predicted molar refractivity (Wildman–Crippen MR) is 101 cm³/mol. The number of esters is 1. The first-order valence-corrected chi connectivity index (χ1v) is 9.52. The van der Waals surface area contributed by atoms with Gasteiger partial charge in [-0.1, -0.05) is 6.07 Å². The Bertz CT molecular complexity index is 831. The molecule has 0 unspecified atom stereocenters. The van der Waals surface area contributed by atoms with E-state index in [1.165, 1.54) is 18.4 Å². The Morgan fingerprint density at radius 3 is 2.84 bits per heavy atom. The Morgan fingerprint density at radius 1 is 1.32 bits per heavy atom. The van der Waals surface area contributed by atoms with Crippen molar-refractivity contribution in [1.29, 1.82) is 0 Å². The van der Waals surface area contributed by atoms with Crippen LogP contribution in [0.1, 0.15) is 32.8 Å². The van der Waals surface area contributed by atoms with Gasteiger partial charge >= 0.3 is 5.97 Å². The fourth-order valence-corrected chi connectivity index (χ4v) is 4.74. The lowest BCUT2D eigenvalue weighted by Gasteiger charge is -2.10. The molecule has 0 bridgehead atoms. The van der Waals surface area contributed by atoms with Gasteiger partial charge in [-0.25, -0.2) is 4.79 Å². The first kappa shape index (κ1) is 17.9. The lowest BCUT2D eigenvalue weighted by Crippen LogP contribution is -2.21. The van der Waals surface area contributed by atoms with Gasteiger partial charge in [0.2, 0.25) is 0 Å². The Hall–Kier alpha value is -1.86. The number of hydrogen-bond donors (Lipinski definition) is 1. The number of anilines is 1. The van der Waals surface area contributed by atoms with Crippen molar-refractivity contribution in [3.63, 3.8) is 0 Å². The van der Waals surface area contributed by atoms with Gasteiger partial charge in [-0.05, 0) is 65.4 Å². The molecule has 1 aromatic carbocycles. The molecule has 1 aliphatic carbocycles. The molecule has 0 saturated carbocycles. The van der Waals surface area contributed by atoms with E-state index in [1.54, 1.807) is 0 Å². The van der Waals surface area contributed by atoms with Crippen LogP contribution in [-0.4, -0.2) is 25.6 Å². The van der Waals surface area contributed by atoms with E-state index in [4.69, 9.17) is 9.47 Å². The summed E-state index contributed by atoms with van der Waals surface area (Å²) < 4.78 is 11.2. The molecule has 2 aromatic rings. The Kier molecular flexibility index (Phi) is 5.44. The van der Waals surface area contributed by atoms with Crippen molar-refractivity contribution in [2.45, 2.75) is 26.2 Å². The van der Waals surface area contributed by atoms with E-state index in [9.17, 15) is 9.59 Å². The molecule has 1 heterocycles. The third-order valence-corrected chi connectivity index (χ3v) is 5.84. The molecule has 1 amide bonds. The van der Waals surface area contributed by atoms with Crippen molar-refractivity contribution in [3.8, 4) is 5.75 Å². The number of amides is 1. The first-order valence-electron chi connectivity index (χ1n) is 7.91. The Labute approximate surface area is 158 Å². The number of hydrogen-bond acceptors (Lipinski definition) is 5. The Balaban J connectivity index is 1.70. The van der Waals surface area contributed by atoms with E-state index in [0.717, 1.165) is 39.7 Å². The molecule has 7 heteroatoms. The van der Waals surface area contributed by atoms with E-state index in [1.807, 2.05) is 25.1 Å². The minimum absolute atomic E-state index is 0.134. The van der Waals surface area contributed by atoms with Crippen LogP contribution >= 0.6 is 27.3 Å². The number of fused-ring (bicyclic) bond motifs is 1. The molecular weight excluding hydrogens is 406 g/mol. The topological polar surface area (TPSA) is 64.6 Å². The second-order valence-electron chi connectivity index (χ2n) is 5.82. The number of aryl methyl sites for hydroxylation is 2. The van der Waals surface area contributed by atoms with Gasteiger partial charge in [-0.2, -0.15) is 0 Å². The van der Waals surface area contributed by atoms with Gasteiger partial charge in [0.1, 0.15) is 10.8 Å². The van der Waals surface area contributed by atoms with Crippen LogP contribution in [0.25, 0.3) is 0 Å². The van der Waals surface area contributed by atoms with Gasteiger partial charge in [0.15, 0.2) is 6.61 Å². The van der Waals surface area contributed by atoms with Gasteiger partial charge < -0.3 is 14.8 Å². The van der Waals surface area contributed by atoms with E-state index in [0.29, 0.717) is 16.3 Å². The maximum Gasteiger partial charge on any atom is 0.341 e. The monoisotopic (exact) mass is 423 g/mol. The highest BCUT2D eigenvalue weighted by atomic mass is 79.9. The van der Waals surface area contributed by atoms with E-state index < -0.39 is 5.97 Å². The summed E-state index contributed by atoms with van der Waals surface area (Å²) in [5.74, 6) is -0.114. The summed E-state index contributed by atoms with van der Waals surface area (Å²) in [5, 5.41) is 3.34. The van der Waals surface area contributed by atoms with Crippen molar-refractivity contribution >= 4 is 44.1 Å². The van der Waals surface area contributed by atoms with Crippen molar-refractivity contribution in [2.24, 2.45) is 0 Å². The molecule has 0 radical (unpaired) electrons. The number of benzene rings is 1. The van der Waals surface area contributed by atoms with Crippen molar-refractivity contribution in [1.82, 2.24) is 0 Å². The van der Waals surface area contributed by atoms with E-state index in [-0.39, 0.29) is 12.5 Å². The first-order chi connectivity index (χ1) is 12.0. The number of methoxy groups -OCH3 is 1. The lowest BCUT2D eigenvalue weighted by molar-refractivity contribution is -0.118. The van der Waals surface area contributed by atoms with Gasteiger partial charge in [0.05, 0.1) is 17.1 Å². The summed E-state index contributed by atoms with van der Waals surface area (Å²) in [6, 6.07) is 5.65. The number of ether oxygens (including phenoxy) is 2. The van der Waals surface area contributed by atoms with Crippen LogP contribution < -0.4 is 10.1 Å². The second-order valence-corrected chi connectivity index (χ2v) is 7.78. The number of nitrogens with one attached hydrogen (secondary N) is 1. The van der Waals surface area contributed by atoms with Crippen LogP contribution in [-0.2, 0) is 22.4 Å². The fourth-order valence-electron chi connectivity index (χ4n) is 2.84. The van der Waals surface area contributed by atoms with Gasteiger partial charge in [-0.15, -0.1) is 11.3 Å². The molecule has 1 N–H and O–H groups in total. The molecule has 3 rings (SSSR count). The Morgan fingerprint density at radius 2 is 2.12 bits per heavy atom. The second kappa shape index (κ2) is 7.58. The maximum atomic E-state index is 12.3. The van der Waals surface area contributed by atoms with E-state index in [2.05, 4.69) is 21.2 Å². The predicted octanol–water partition coefficient (Wildman–Crippen LogP) is 4.11. The van der Waals surface area contributed by atoms with Gasteiger partial charge in [0, 0.05) is 4.88 Å². The number of carbonyl (C=O) groups is 2. The summed E-state index contributed by atoms with van der Waals surface area (Å²) in [4.78, 5) is 25.5. The van der Waals surface area contributed by atoms with E-state index >= 15 is 0 Å². The molecule has 0 aliphatic heterocycles. The fraction of sp³-hybridized carbons (Fsp3) is 0.333. The number of carbonyl (C=O) groups excluding carboxylic acids is 2. The minimum atomic E-state index is -0.406. The normalized spacial score (nSPS) is 12.6. The van der Waals surface area contributed by atoms with Crippen LogP contribution in [0, 0.1) is 6.92 Å². The summed E-state index contributed by atoms with van der Waals surface area (Å²) in [6.07, 6.45) is 2.82. The molecule has 0 saturated heterocycles. The summed E-state index contributed by atoms with van der Waals surface area (Å²) in [6.45, 7) is 1.84. The van der Waals surface area contributed by atoms with Crippen molar-refractivity contribution < 1.29 is 19.1 Å². The highest BCUT2D eigenvalue weighted by molar-refractivity contribution is 9.10. The molecule has 0 fully saturated rings. The smallest absolute Gasteiger partial charge is 0.341 e. The summed E-state index contributed by atoms with van der Waals surface area (Å²) >= 11 is 4.87. The lowest BCUT2D eigenvalue weighted by atomic mass is 10.1. The van der Waals surface area contributed by atoms with Crippen molar-refractivity contribution in [2.75, 3.05) is 19.0 Å². The molecule has 25 heavy (non-hydrogen) atoms. The molecule has 132 valence electrons. The molecular formula is C18H18BrNO4S. The zero-order valence-corrected chi connectivity index (χ0v) is 16.4. The van der Waals surface area contributed by atoms with Crippen LogP contribution in [0.15, 0.2) is 22.7 Å². The van der Waals surface area contributed by atoms with Crippen LogP contribution in [0.3, 0.4) is 0 Å². The summed E-state index contributed by atoms with van der Waals surface area (Å²) in [7, 11) is 1.35. The largest absolute Gasteiger partial charge is 0.483 e. The third kappa shape index (κ3) is 3.88. The SMILES string of the molecule is COC(=O)c1c(NC(=O)COc2ccc(C)cc2Br)sc2c1CCC2. The average molecular weight is 424 g/mol. The minimum Gasteiger partial charge on any atom is -0.483 e. The summed E-state index contributed by atoms with van der Waals surface area (Å²) in [5.41, 5.74) is 2.60. The third-order valence-electron chi connectivity index (χ3n) is 4.01. The highest BCUT2D eigenvalue weighted by Crippen LogP contribution is 2.39. The number of thiophene rings is 1. The molecule has 1 aliphatic rings. The average Bonchev–Trinajstić information content (AvgIpc) is 3.14.